The van der Waals surface area contributed by atoms with Crippen molar-refractivity contribution in [2.45, 2.75) is 0 Å². The molecule has 8 nitrogen and oxygen atoms in total. The molecule has 0 spiro atoms. The quantitative estimate of drug-likeness (QED) is 0.632. The molecule has 0 fully saturated rings. The van der Waals surface area contributed by atoms with Gasteiger partial charge in [-0.15, -0.1) is 0 Å². The first-order chi connectivity index (χ1) is 10.4. The number of hydrogen-bond donors (Lipinski definition) is 2. The van der Waals surface area contributed by atoms with E-state index in [-0.39, 0.29) is 5.82 Å². The maximum atomic E-state index is 11.5. The molecule has 0 saturated heterocycles. The molecule has 0 aliphatic heterocycles. The molecule has 0 atom stereocenters. The van der Waals surface area contributed by atoms with Gasteiger partial charge in [-0.1, -0.05) is 12.1 Å². The first kappa shape index (κ1) is 15.7. The van der Waals surface area contributed by atoms with E-state index in [2.05, 4.69) is 25.9 Å². The lowest BCUT2D eigenvalue weighted by Crippen LogP contribution is -2.14. The molecule has 1 aromatic carbocycles. The van der Waals surface area contributed by atoms with Crippen molar-refractivity contribution in [3.05, 3.63) is 54.5 Å². The lowest BCUT2D eigenvalue weighted by Gasteiger charge is -2.03. The molecule has 0 bridgehead atoms. The van der Waals surface area contributed by atoms with Crippen LogP contribution in [0.1, 0.15) is 11.4 Å². The normalized spacial score (nSPS) is 10.8. The Kier molecular flexibility index (Phi) is 4.56. The molecular formula is C13H10BrN3O5. The summed E-state index contributed by atoms with van der Waals surface area (Å²) in [4.78, 5) is 26.9. The number of ether oxygens (including phenoxy) is 1. The second kappa shape index (κ2) is 6.39. The fraction of sp³-hybridized carbons (Fsp3) is 0.0769. The number of nitrogens with zero attached hydrogens (tertiary/aromatic N) is 2. The van der Waals surface area contributed by atoms with Crippen LogP contribution in [0.15, 0.2) is 27.5 Å². The number of nitrogens with one attached hydrogen (secondary N) is 1. The van der Waals surface area contributed by atoms with Crippen LogP contribution in [0.5, 0.6) is 11.6 Å². The SMILES string of the molecule is COc1ccc(/C=C/c2nc(O)c([N+](=O)[O-])c(=O)[nH]2)cc1Br. The van der Waals surface area contributed by atoms with E-state index in [0.29, 0.717) is 5.75 Å². The van der Waals surface area contributed by atoms with Gasteiger partial charge in [0.25, 0.3) is 5.88 Å². The van der Waals surface area contributed by atoms with Gasteiger partial charge in [0, 0.05) is 0 Å². The van der Waals surface area contributed by atoms with Gasteiger partial charge in [-0.3, -0.25) is 14.9 Å². The van der Waals surface area contributed by atoms with Gasteiger partial charge in [0.15, 0.2) is 0 Å². The van der Waals surface area contributed by atoms with E-state index in [1.54, 1.807) is 31.4 Å². The van der Waals surface area contributed by atoms with Gasteiger partial charge in [-0.2, -0.15) is 4.98 Å². The summed E-state index contributed by atoms with van der Waals surface area (Å²) >= 11 is 3.33. The number of aromatic amines is 1. The molecule has 9 heteroatoms. The molecule has 0 radical (unpaired) electrons. The number of methoxy groups -OCH3 is 1. The van der Waals surface area contributed by atoms with Gasteiger partial charge in [0.2, 0.25) is 0 Å². The summed E-state index contributed by atoms with van der Waals surface area (Å²) in [6, 6.07) is 5.29. The minimum Gasteiger partial charge on any atom is -0.496 e. The van der Waals surface area contributed by atoms with Gasteiger partial charge in [0.1, 0.15) is 11.6 Å². The minimum atomic E-state index is -1.02. The predicted octanol–water partition coefficient (Wildman–Crippen LogP) is 2.33. The number of rotatable bonds is 4. The summed E-state index contributed by atoms with van der Waals surface area (Å²) in [7, 11) is 1.55. The molecule has 114 valence electrons. The maximum absolute atomic E-state index is 11.5. The monoisotopic (exact) mass is 367 g/mol. The van der Waals surface area contributed by atoms with Crippen molar-refractivity contribution in [3.8, 4) is 11.6 Å². The van der Waals surface area contributed by atoms with Crippen LogP contribution in [-0.4, -0.2) is 27.1 Å². The predicted molar refractivity (Wildman–Crippen MR) is 82.8 cm³/mol. The summed E-state index contributed by atoms with van der Waals surface area (Å²) < 4.78 is 5.84. The summed E-state index contributed by atoms with van der Waals surface area (Å²) in [6.07, 6.45) is 3.03. The third-order valence-electron chi connectivity index (χ3n) is 2.69. The highest BCUT2D eigenvalue weighted by Gasteiger charge is 2.21. The number of aromatic hydroxyl groups is 1. The Labute approximate surface area is 132 Å². The molecule has 2 rings (SSSR count). The molecule has 2 aromatic rings. The van der Waals surface area contributed by atoms with Crippen LogP contribution >= 0.6 is 15.9 Å². The Hall–Kier alpha value is -2.68. The van der Waals surface area contributed by atoms with Crippen LogP contribution in [-0.2, 0) is 0 Å². The first-order valence-corrected chi connectivity index (χ1v) is 6.71. The molecular weight excluding hydrogens is 358 g/mol. The minimum absolute atomic E-state index is 0.0000375. The van der Waals surface area contributed by atoms with E-state index in [4.69, 9.17) is 4.74 Å². The van der Waals surface area contributed by atoms with Gasteiger partial charge in [-0.25, -0.2) is 0 Å². The fourth-order valence-corrected chi connectivity index (χ4v) is 2.24. The lowest BCUT2D eigenvalue weighted by atomic mass is 10.2. The molecule has 0 unspecified atom stereocenters. The van der Waals surface area contributed by atoms with Crippen LogP contribution < -0.4 is 10.3 Å². The van der Waals surface area contributed by atoms with Crippen molar-refractivity contribution >= 4 is 33.8 Å². The number of aromatic nitrogens is 2. The second-order valence-corrected chi connectivity index (χ2v) is 4.96. The third kappa shape index (κ3) is 3.31. The molecule has 1 aromatic heterocycles. The van der Waals surface area contributed by atoms with Crippen molar-refractivity contribution in [1.29, 1.82) is 0 Å². The summed E-state index contributed by atoms with van der Waals surface area (Å²) in [5.74, 6) is -0.263. The topological polar surface area (TPSA) is 118 Å². The fourth-order valence-electron chi connectivity index (χ4n) is 1.68. The van der Waals surface area contributed by atoms with Crippen LogP contribution in [0.25, 0.3) is 12.2 Å². The summed E-state index contributed by atoms with van der Waals surface area (Å²) in [6.45, 7) is 0. The zero-order valence-electron chi connectivity index (χ0n) is 11.2. The number of hydrogen-bond acceptors (Lipinski definition) is 6. The van der Waals surface area contributed by atoms with E-state index in [0.717, 1.165) is 10.0 Å². The Balaban J connectivity index is 2.33. The summed E-state index contributed by atoms with van der Waals surface area (Å²) in [5.41, 5.74) is -1.23. The number of halogens is 1. The van der Waals surface area contributed by atoms with Gasteiger partial charge >= 0.3 is 11.2 Å². The smallest absolute Gasteiger partial charge is 0.395 e. The Bertz CT molecular complexity index is 816. The van der Waals surface area contributed by atoms with E-state index < -0.39 is 22.0 Å². The van der Waals surface area contributed by atoms with E-state index in [9.17, 15) is 20.0 Å². The first-order valence-electron chi connectivity index (χ1n) is 5.91. The highest BCUT2D eigenvalue weighted by Crippen LogP contribution is 2.26. The lowest BCUT2D eigenvalue weighted by molar-refractivity contribution is -0.387. The standard InChI is InChI=1S/C13H10BrN3O5/c1-22-9-4-2-7(6-8(9)14)3-5-10-15-12(18)11(17(20)21)13(19)16-10/h2-6H,1H3,(H2,15,16,18,19)/b5-3+. The zero-order valence-corrected chi connectivity index (χ0v) is 12.8. The van der Waals surface area contributed by atoms with E-state index in [1.807, 2.05) is 0 Å². The number of benzene rings is 1. The Morgan fingerprint density at radius 1 is 1.45 bits per heavy atom. The average Bonchev–Trinajstić information content (AvgIpc) is 2.44. The van der Waals surface area contributed by atoms with Crippen molar-refractivity contribution in [3.63, 3.8) is 0 Å². The largest absolute Gasteiger partial charge is 0.496 e. The molecule has 0 aliphatic rings. The maximum Gasteiger partial charge on any atom is 0.395 e. The molecule has 1 heterocycles. The Morgan fingerprint density at radius 2 is 2.18 bits per heavy atom. The summed E-state index contributed by atoms with van der Waals surface area (Å²) in [5, 5.41) is 20.0. The second-order valence-electron chi connectivity index (χ2n) is 4.11. The zero-order chi connectivity index (χ0) is 16.3. The molecule has 0 aliphatic carbocycles. The highest BCUT2D eigenvalue weighted by molar-refractivity contribution is 9.10. The molecule has 22 heavy (non-hydrogen) atoms. The van der Waals surface area contributed by atoms with E-state index >= 15 is 0 Å². The van der Waals surface area contributed by atoms with Crippen LogP contribution in [0.3, 0.4) is 0 Å². The van der Waals surface area contributed by atoms with Crippen LogP contribution in [0.4, 0.5) is 5.69 Å². The third-order valence-corrected chi connectivity index (χ3v) is 3.31. The van der Waals surface area contributed by atoms with Crippen LogP contribution in [0.2, 0.25) is 0 Å². The van der Waals surface area contributed by atoms with E-state index in [1.165, 1.54) is 6.08 Å². The van der Waals surface area contributed by atoms with Gasteiger partial charge in [0.05, 0.1) is 16.5 Å². The van der Waals surface area contributed by atoms with Crippen molar-refractivity contribution in [2.24, 2.45) is 0 Å². The molecule has 0 saturated carbocycles. The molecule has 0 amide bonds. The van der Waals surface area contributed by atoms with Crippen molar-refractivity contribution in [1.82, 2.24) is 9.97 Å². The van der Waals surface area contributed by atoms with Crippen molar-refractivity contribution in [2.75, 3.05) is 7.11 Å². The number of H-pyrrole nitrogens is 1. The molecule has 2 N–H and O–H groups in total. The van der Waals surface area contributed by atoms with Crippen molar-refractivity contribution < 1.29 is 14.8 Å². The number of nitro groups is 1. The highest BCUT2D eigenvalue weighted by atomic mass is 79.9. The van der Waals surface area contributed by atoms with Crippen LogP contribution in [0, 0.1) is 10.1 Å². The van der Waals surface area contributed by atoms with Gasteiger partial charge < -0.3 is 14.8 Å². The average molecular weight is 368 g/mol. The van der Waals surface area contributed by atoms with Gasteiger partial charge in [-0.05, 0) is 39.7 Å². The Morgan fingerprint density at radius 3 is 2.73 bits per heavy atom.